The molecular formula is C22H16BrCl2N3O2. The average molecular weight is 505 g/mol. The highest BCUT2D eigenvalue weighted by Crippen LogP contribution is 2.25. The van der Waals surface area contributed by atoms with Crippen molar-refractivity contribution in [3.05, 3.63) is 86.9 Å². The Morgan fingerprint density at radius 3 is 2.67 bits per heavy atom. The van der Waals surface area contributed by atoms with Gasteiger partial charge in [-0.3, -0.25) is 9.48 Å². The van der Waals surface area contributed by atoms with Crippen LogP contribution in [0.1, 0.15) is 5.56 Å². The Labute approximate surface area is 191 Å². The van der Waals surface area contributed by atoms with E-state index in [0.29, 0.717) is 32.6 Å². The zero-order chi connectivity index (χ0) is 21.1. The molecule has 0 fully saturated rings. The fourth-order valence-electron chi connectivity index (χ4n) is 2.96. The van der Waals surface area contributed by atoms with Crippen LogP contribution < -0.4 is 10.1 Å². The maximum atomic E-state index is 12.3. The molecule has 1 heterocycles. The van der Waals surface area contributed by atoms with Crippen LogP contribution in [-0.2, 0) is 11.3 Å². The van der Waals surface area contributed by atoms with Crippen LogP contribution in [0.2, 0.25) is 10.0 Å². The fraction of sp³-hybridized carbons (Fsp3) is 0.0909. The Hall–Kier alpha value is -2.54. The first-order valence-electron chi connectivity index (χ1n) is 9.06. The molecule has 0 aliphatic carbocycles. The van der Waals surface area contributed by atoms with Crippen molar-refractivity contribution in [3.8, 4) is 5.75 Å². The van der Waals surface area contributed by atoms with Crippen LogP contribution in [0.25, 0.3) is 10.8 Å². The lowest BCUT2D eigenvalue weighted by atomic mass is 10.1. The van der Waals surface area contributed by atoms with Gasteiger partial charge >= 0.3 is 0 Å². The zero-order valence-corrected chi connectivity index (χ0v) is 18.7. The SMILES string of the molecule is O=C(COc1ccc2ccccc2c1)Nc1nn(Cc2ccc(Cl)cc2Cl)cc1Br. The summed E-state index contributed by atoms with van der Waals surface area (Å²) in [6.07, 6.45) is 1.77. The highest BCUT2D eigenvalue weighted by atomic mass is 79.9. The quantitative estimate of drug-likeness (QED) is 0.341. The van der Waals surface area contributed by atoms with E-state index >= 15 is 0 Å². The van der Waals surface area contributed by atoms with E-state index in [4.69, 9.17) is 27.9 Å². The number of benzene rings is 3. The summed E-state index contributed by atoms with van der Waals surface area (Å²) < 4.78 is 7.96. The lowest BCUT2D eigenvalue weighted by Crippen LogP contribution is -2.20. The molecule has 5 nitrogen and oxygen atoms in total. The predicted molar refractivity (Wildman–Crippen MR) is 124 cm³/mol. The summed E-state index contributed by atoms with van der Waals surface area (Å²) in [6, 6.07) is 19.0. The van der Waals surface area contributed by atoms with Crippen molar-refractivity contribution in [2.24, 2.45) is 0 Å². The minimum absolute atomic E-state index is 0.124. The molecule has 4 aromatic rings. The van der Waals surface area contributed by atoms with Crippen molar-refractivity contribution in [2.75, 3.05) is 11.9 Å². The van der Waals surface area contributed by atoms with Crippen molar-refractivity contribution in [3.63, 3.8) is 0 Å². The van der Waals surface area contributed by atoms with Crippen molar-refractivity contribution >= 4 is 61.6 Å². The first kappa shape index (κ1) is 20.7. The molecule has 8 heteroatoms. The number of fused-ring (bicyclic) bond motifs is 1. The van der Waals surface area contributed by atoms with E-state index in [1.54, 1.807) is 23.0 Å². The molecule has 0 saturated carbocycles. The standard InChI is InChI=1S/C22H16BrCl2N3O2/c23-19-12-28(11-16-5-7-17(24)10-20(16)25)27-22(19)26-21(29)13-30-18-8-6-14-3-1-2-4-15(14)9-18/h1-10,12H,11,13H2,(H,26,27,29). The first-order chi connectivity index (χ1) is 14.5. The predicted octanol–water partition coefficient (Wildman–Crippen LogP) is 6.17. The number of halogens is 3. The van der Waals surface area contributed by atoms with Crippen LogP contribution in [0.15, 0.2) is 71.3 Å². The molecule has 0 saturated heterocycles. The van der Waals surface area contributed by atoms with Crippen LogP contribution in [0.3, 0.4) is 0 Å². The van der Waals surface area contributed by atoms with Crippen molar-refractivity contribution in [1.82, 2.24) is 9.78 Å². The Bertz CT molecular complexity index is 1230. The number of hydrogen-bond acceptors (Lipinski definition) is 3. The molecule has 0 atom stereocenters. The summed E-state index contributed by atoms with van der Waals surface area (Å²) in [6.45, 7) is 0.318. The first-order valence-corrected chi connectivity index (χ1v) is 10.6. The molecular weight excluding hydrogens is 489 g/mol. The van der Waals surface area contributed by atoms with E-state index in [1.807, 2.05) is 48.5 Å². The summed E-state index contributed by atoms with van der Waals surface area (Å²) >= 11 is 15.6. The van der Waals surface area contributed by atoms with Crippen LogP contribution in [0.4, 0.5) is 5.82 Å². The molecule has 0 aliphatic rings. The van der Waals surface area contributed by atoms with E-state index in [1.165, 1.54) is 0 Å². The van der Waals surface area contributed by atoms with Crippen molar-refractivity contribution < 1.29 is 9.53 Å². The van der Waals surface area contributed by atoms with E-state index in [9.17, 15) is 4.79 Å². The molecule has 3 aromatic carbocycles. The lowest BCUT2D eigenvalue weighted by Gasteiger charge is -2.08. The Kier molecular flexibility index (Phi) is 6.27. The molecule has 0 aliphatic heterocycles. The highest BCUT2D eigenvalue weighted by Gasteiger charge is 2.12. The van der Waals surface area contributed by atoms with Gasteiger partial charge in [-0.05, 0) is 56.5 Å². The van der Waals surface area contributed by atoms with Crippen LogP contribution >= 0.6 is 39.1 Å². The summed E-state index contributed by atoms with van der Waals surface area (Å²) in [5.41, 5.74) is 0.869. The van der Waals surface area contributed by atoms with Gasteiger partial charge in [0.15, 0.2) is 12.4 Å². The van der Waals surface area contributed by atoms with E-state index < -0.39 is 0 Å². The number of carbonyl (C=O) groups excluding carboxylic acids is 1. The third-order valence-electron chi connectivity index (χ3n) is 4.41. The van der Waals surface area contributed by atoms with E-state index in [-0.39, 0.29) is 12.5 Å². The van der Waals surface area contributed by atoms with Gasteiger partial charge in [-0.1, -0.05) is 59.6 Å². The van der Waals surface area contributed by atoms with Crippen molar-refractivity contribution in [1.29, 1.82) is 0 Å². The molecule has 30 heavy (non-hydrogen) atoms. The zero-order valence-electron chi connectivity index (χ0n) is 15.6. The minimum atomic E-state index is -0.307. The number of nitrogens with one attached hydrogen (secondary N) is 1. The maximum Gasteiger partial charge on any atom is 0.263 e. The monoisotopic (exact) mass is 503 g/mol. The number of carbonyl (C=O) groups is 1. The molecule has 1 aromatic heterocycles. The topological polar surface area (TPSA) is 56.1 Å². The van der Waals surface area contributed by atoms with Crippen LogP contribution in [0.5, 0.6) is 5.75 Å². The Morgan fingerprint density at radius 1 is 1.07 bits per heavy atom. The van der Waals surface area contributed by atoms with Gasteiger partial charge in [-0.25, -0.2) is 0 Å². The normalized spacial score (nSPS) is 10.9. The summed E-state index contributed by atoms with van der Waals surface area (Å²) in [5, 5.41) is 10.4. The molecule has 4 rings (SSSR count). The largest absolute Gasteiger partial charge is 0.484 e. The highest BCUT2D eigenvalue weighted by molar-refractivity contribution is 9.10. The summed E-state index contributed by atoms with van der Waals surface area (Å²) in [7, 11) is 0. The lowest BCUT2D eigenvalue weighted by molar-refractivity contribution is -0.118. The van der Waals surface area contributed by atoms with Crippen LogP contribution in [-0.4, -0.2) is 22.3 Å². The molecule has 0 bridgehead atoms. The Morgan fingerprint density at radius 2 is 1.87 bits per heavy atom. The van der Waals surface area contributed by atoms with E-state index in [2.05, 4.69) is 26.3 Å². The molecule has 0 radical (unpaired) electrons. The molecule has 0 spiro atoms. The van der Waals surface area contributed by atoms with Gasteiger partial charge < -0.3 is 10.1 Å². The average Bonchev–Trinajstić information content (AvgIpc) is 3.07. The van der Waals surface area contributed by atoms with Gasteiger partial charge in [-0.15, -0.1) is 0 Å². The number of rotatable bonds is 6. The van der Waals surface area contributed by atoms with Crippen LogP contribution in [0, 0.1) is 0 Å². The second kappa shape index (κ2) is 9.08. The molecule has 152 valence electrons. The Balaban J connectivity index is 1.38. The van der Waals surface area contributed by atoms with E-state index in [0.717, 1.165) is 16.3 Å². The maximum absolute atomic E-state index is 12.3. The van der Waals surface area contributed by atoms with Gasteiger partial charge in [0.05, 0.1) is 11.0 Å². The molecule has 1 amide bonds. The number of hydrogen-bond donors (Lipinski definition) is 1. The number of ether oxygens (including phenoxy) is 1. The van der Waals surface area contributed by atoms with Gasteiger partial charge in [-0.2, -0.15) is 5.10 Å². The second-order valence-electron chi connectivity index (χ2n) is 6.60. The third-order valence-corrected chi connectivity index (χ3v) is 5.58. The fourth-order valence-corrected chi connectivity index (χ4v) is 3.84. The van der Waals surface area contributed by atoms with Gasteiger partial charge in [0.25, 0.3) is 5.91 Å². The molecule has 0 unspecified atom stereocenters. The number of anilines is 1. The van der Waals surface area contributed by atoms with Gasteiger partial charge in [0.2, 0.25) is 0 Å². The van der Waals surface area contributed by atoms with Crippen molar-refractivity contribution in [2.45, 2.75) is 6.54 Å². The number of nitrogens with zero attached hydrogens (tertiary/aromatic N) is 2. The number of aromatic nitrogens is 2. The minimum Gasteiger partial charge on any atom is -0.484 e. The molecule has 1 N–H and O–H groups in total. The second-order valence-corrected chi connectivity index (χ2v) is 8.30. The summed E-state index contributed by atoms with van der Waals surface area (Å²) in [4.78, 5) is 12.3. The smallest absolute Gasteiger partial charge is 0.263 e. The summed E-state index contributed by atoms with van der Waals surface area (Å²) in [5.74, 6) is 0.733. The van der Waals surface area contributed by atoms with Gasteiger partial charge in [0, 0.05) is 16.2 Å². The van der Waals surface area contributed by atoms with Gasteiger partial charge in [0.1, 0.15) is 5.75 Å². The number of amides is 1. The third kappa shape index (κ3) is 4.95.